The van der Waals surface area contributed by atoms with E-state index < -0.39 is 11.9 Å². The Bertz CT molecular complexity index is 569. The second kappa shape index (κ2) is 5.84. The molecule has 1 aromatic rings. The fourth-order valence-corrected chi connectivity index (χ4v) is 4.34. The first-order chi connectivity index (χ1) is 10.5. The molecule has 1 aromatic carbocycles. The summed E-state index contributed by atoms with van der Waals surface area (Å²) in [4.78, 5) is 26.1. The maximum absolute atomic E-state index is 12.2. The maximum Gasteiger partial charge on any atom is 0.315 e. The van der Waals surface area contributed by atoms with Gasteiger partial charge in [-0.1, -0.05) is 44.2 Å². The van der Waals surface area contributed by atoms with Gasteiger partial charge in [0.15, 0.2) is 0 Å². The Morgan fingerprint density at radius 3 is 2.50 bits per heavy atom. The molecule has 3 rings (SSSR count). The van der Waals surface area contributed by atoms with Gasteiger partial charge in [-0.15, -0.1) is 0 Å². The molecular formula is C18H23NO3. The van der Waals surface area contributed by atoms with Gasteiger partial charge < -0.3 is 5.11 Å². The fourth-order valence-electron chi connectivity index (χ4n) is 4.34. The third-order valence-electron chi connectivity index (χ3n) is 5.13. The zero-order chi connectivity index (χ0) is 15.9. The summed E-state index contributed by atoms with van der Waals surface area (Å²) in [6, 6.07) is 10.5. The molecule has 0 amide bonds. The summed E-state index contributed by atoms with van der Waals surface area (Å²) in [6.07, 6.45) is 2.11. The van der Waals surface area contributed by atoms with Crippen LogP contribution in [0.15, 0.2) is 30.3 Å². The Kier molecular flexibility index (Phi) is 4.04. The van der Waals surface area contributed by atoms with Crippen molar-refractivity contribution < 1.29 is 14.7 Å². The molecule has 0 saturated carbocycles. The number of ketones is 1. The summed E-state index contributed by atoms with van der Waals surface area (Å²) in [5.74, 6) is -1.54. The van der Waals surface area contributed by atoms with E-state index in [1.165, 1.54) is 5.56 Å². The summed E-state index contributed by atoms with van der Waals surface area (Å²) in [6.45, 7) is 4.34. The quantitative estimate of drug-likeness (QED) is 0.869. The van der Waals surface area contributed by atoms with Crippen LogP contribution in [0.1, 0.15) is 44.7 Å². The topological polar surface area (TPSA) is 57.6 Å². The smallest absolute Gasteiger partial charge is 0.315 e. The number of hydrogen-bond donors (Lipinski definition) is 1. The Balaban J connectivity index is 1.98. The number of carboxylic acids is 1. The normalized spacial score (nSPS) is 29.8. The Labute approximate surface area is 131 Å². The lowest BCUT2D eigenvalue weighted by Gasteiger charge is -2.44. The van der Waals surface area contributed by atoms with E-state index in [0.29, 0.717) is 12.3 Å². The van der Waals surface area contributed by atoms with Crippen molar-refractivity contribution in [1.82, 2.24) is 4.90 Å². The fraction of sp³-hybridized carbons (Fsp3) is 0.556. The van der Waals surface area contributed by atoms with Crippen molar-refractivity contribution in [2.75, 3.05) is 0 Å². The van der Waals surface area contributed by atoms with Crippen molar-refractivity contribution in [2.24, 2.45) is 11.8 Å². The standard InChI is InChI=1S/C18H23NO3/c1-11(2)17(12-6-4-3-5-7-12)19-13-8-9-14(19)16(18(21)22)15(20)10-13/h3-7,11,13-14,16-17H,8-10H2,1-2H3,(H,21,22)/t13-,14+,16?,17?/m0/s1. The molecule has 0 spiro atoms. The van der Waals surface area contributed by atoms with Crippen molar-refractivity contribution in [2.45, 2.75) is 51.2 Å². The largest absolute Gasteiger partial charge is 0.481 e. The highest BCUT2D eigenvalue weighted by Crippen LogP contribution is 2.45. The lowest BCUT2D eigenvalue weighted by Crippen LogP contribution is -2.53. The average Bonchev–Trinajstić information content (AvgIpc) is 2.75. The van der Waals surface area contributed by atoms with Gasteiger partial charge in [0.1, 0.15) is 11.7 Å². The number of carbonyl (C=O) groups is 2. The number of carboxylic acid groups (broad SMARTS) is 1. The number of Topliss-reactive ketones (excluding diaryl/α,β-unsaturated/α-hetero) is 1. The van der Waals surface area contributed by atoms with Crippen LogP contribution in [0.2, 0.25) is 0 Å². The summed E-state index contributed by atoms with van der Waals surface area (Å²) >= 11 is 0. The number of nitrogens with zero attached hydrogens (tertiary/aromatic N) is 1. The van der Waals surface area contributed by atoms with E-state index in [1.807, 2.05) is 18.2 Å². The Hall–Kier alpha value is -1.68. The first-order valence-corrected chi connectivity index (χ1v) is 8.08. The van der Waals surface area contributed by atoms with Gasteiger partial charge in [0.05, 0.1) is 0 Å². The minimum Gasteiger partial charge on any atom is -0.481 e. The molecule has 2 aliphatic rings. The molecule has 2 fully saturated rings. The minimum atomic E-state index is -0.962. The first kappa shape index (κ1) is 15.2. The van der Waals surface area contributed by atoms with Gasteiger partial charge in [0.2, 0.25) is 0 Å². The predicted molar refractivity (Wildman–Crippen MR) is 83.4 cm³/mol. The molecule has 2 saturated heterocycles. The lowest BCUT2D eigenvalue weighted by molar-refractivity contribution is -0.153. The van der Waals surface area contributed by atoms with Crippen molar-refractivity contribution >= 4 is 11.8 Å². The van der Waals surface area contributed by atoms with Crippen molar-refractivity contribution in [3.05, 3.63) is 35.9 Å². The van der Waals surface area contributed by atoms with Crippen LogP contribution in [0.25, 0.3) is 0 Å². The minimum absolute atomic E-state index is 0.0909. The van der Waals surface area contributed by atoms with Crippen LogP contribution in [0, 0.1) is 11.8 Å². The number of carbonyl (C=O) groups excluding carboxylic acids is 1. The zero-order valence-corrected chi connectivity index (χ0v) is 13.1. The lowest BCUT2D eigenvalue weighted by atomic mass is 9.84. The summed E-state index contributed by atoms with van der Waals surface area (Å²) in [7, 11) is 0. The maximum atomic E-state index is 12.2. The van der Waals surface area contributed by atoms with Crippen LogP contribution in [-0.4, -0.2) is 33.8 Å². The summed E-state index contributed by atoms with van der Waals surface area (Å²) in [5.41, 5.74) is 1.22. The molecule has 1 N–H and O–H groups in total. The zero-order valence-electron chi connectivity index (χ0n) is 13.1. The number of piperidine rings is 1. The molecule has 2 unspecified atom stereocenters. The first-order valence-electron chi connectivity index (χ1n) is 8.08. The van der Waals surface area contributed by atoms with Crippen LogP contribution >= 0.6 is 0 Å². The molecule has 0 aromatic heterocycles. The Morgan fingerprint density at radius 2 is 1.91 bits per heavy atom. The van der Waals surface area contributed by atoms with Gasteiger partial charge in [0, 0.05) is 24.5 Å². The predicted octanol–water partition coefficient (Wildman–Crippen LogP) is 2.89. The van der Waals surface area contributed by atoms with Crippen LogP contribution in [-0.2, 0) is 9.59 Å². The van der Waals surface area contributed by atoms with Crippen LogP contribution < -0.4 is 0 Å². The number of benzene rings is 1. The molecule has 22 heavy (non-hydrogen) atoms. The van der Waals surface area contributed by atoms with Gasteiger partial charge in [-0.05, 0) is 24.3 Å². The highest BCUT2D eigenvalue weighted by Gasteiger charge is 2.52. The second-order valence-corrected chi connectivity index (χ2v) is 6.83. The number of rotatable bonds is 4. The molecule has 4 nitrogen and oxygen atoms in total. The van der Waals surface area contributed by atoms with Gasteiger partial charge in [0.25, 0.3) is 0 Å². The van der Waals surface area contributed by atoms with Gasteiger partial charge in [-0.25, -0.2) is 0 Å². The van der Waals surface area contributed by atoms with Crippen LogP contribution in [0.5, 0.6) is 0 Å². The average molecular weight is 301 g/mol. The van der Waals surface area contributed by atoms with E-state index in [0.717, 1.165) is 12.8 Å². The molecule has 4 atom stereocenters. The van der Waals surface area contributed by atoms with Gasteiger partial charge in [-0.2, -0.15) is 0 Å². The van der Waals surface area contributed by atoms with Gasteiger partial charge in [-0.3, -0.25) is 14.5 Å². The molecule has 118 valence electrons. The summed E-state index contributed by atoms with van der Waals surface area (Å²) < 4.78 is 0. The molecule has 0 aliphatic carbocycles. The van der Waals surface area contributed by atoms with Crippen molar-refractivity contribution in [1.29, 1.82) is 0 Å². The number of hydrogen-bond acceptors (Lipinski definition) is 3. The highest BCUT2D eigenvalue weighted by atomic mass is 16.4. The van der Waals surface area contributed by atoms with Crippen LogP contribution in [0.4, 0.5) is 0 Å². The SMILES string of the molecule is CC(C)C(c1ccccc1)N1[C@H]2CC[C@@H]1C(C(=O)O)C(=O)C2. The third-order valence-corrected chi connectivity index (χ3v) is 5.13. The molecule has 2 aliphatic heterocycles. The number of fused-ring (bicyclic) bond motifs is 2. The Morgan fingerprint density at radius 1 is 1.23 bits per heavy atom. The molecule has 2 heterocycles. The van der Waals surface area contributed by atoms with E-state index in [1.54, 1.807) is 0 Å². The van der Waals surface area contributed by atoms with E-state index in [-0.39, 0.29) is 23.9 Å². The molecular weight excluding hydrogens is 278 g/mol. The summed E-state index contributed by atoms with van der Waals surface area (Å²) in [5, 5.41) is 9.49. The van der Waals surface area contributed by atoms with E-state index in [9.17, 15) is 14.7 Å². The van der Waals surface area contributed by atoms with E-state index >= 15 is 0 Å². The van der Waals surface area contributed by atoms with Crippen LogP contribution in [0.3, 0.4) is 0 Å². The molecule has 0 radical (unpaired) electrons. The van der Waals surface area contributed by atoms with E-state index in [4.69, 9.17) is 0 Å². The monoisotopic (exact) mass is 301 g/mol. The van der Waals surface area contributed by atoms with Crippen molar-refractivity contribution in [3.8, 4) is 0 Å². The van der Waals surface area contributed by atoms with E-state index in [2.05, 4.69) is 30.9 Å². The number of aliphatic carboxylic acids is 1. The van der Waals surface area contributed by atoms with Crippen molar-refractivity contribution in [3.63, 3.8) is 0 Å². The third kappa shape index (κ3) is 2.45. The highest BCUT2D eigenvalue weighted by molar-refractivity contribution is 6.00. The molecule has 4 heteroatoms. The molecule has 2 bridgehead atoms. The van der Waals surface area contributed by atoms with Gasteiger partial charge >= 0.3 is 5.97 Å². The second-order valence-electron chi connectivity index (χ2n) is 6.83.